The van der Waals surface area contributed by atoms with E-state index in [1.165, 1.54) is 13.1 Å². The molecule has 0 spiro atoms. The Bertz CT molecular complexity index is 986. The maximum Gasteiger partial charge on any atom is 0.391 e. The van der Waals surface area contributed by atoms with Crippen LogP contribution in [-0.2, 0) is 6.42 Å². The summed E-state index contributed by atoms with van der Waals surface area (Å²) in [7, 11) is 0. The van der Waals surface area contributed by atoms with Gasteiger partial charge >= 0.3 is 6.18 Å². The van der Waals surface area contributed by atoms with E-state index in [4.69, 9.17) is 0 Å². The van der Waals surface area contributed by atoms with Crippen LogP contribution in [-0.4, -0.2) is 22.6 Å². The van der Waals surface area contributed by atoms with E-state index in [2.05, 4.69) is 10.3 Å². The Balaban J connectivity index is 1.88. The first-order valence-electron chi connectivity index (χ1n) is 8.94. The van der Waals surface area contributed by atoms with E-state index in [0.29, 0.717) is 0 Å². The summed E-state index contributed by atoms with van der Waals surface area (Å²) in [4.78, 5) is 17.1. The molecule has 3 nitrogen and oxygen atoms in total. The van der Waals surface area contributed by atoms with Crippen molar-refractivity contribution in [3.05, 3.63) is 77.5 Å². The van der Waals surface area contributed by atoms with Gasteiger partial charge < -0.3 is 5.32 Å². The molecule has 0 fully saturated rings. The lowest BCUT2D eigenvalue weighted by Crippen LogP contribution is -2.50. The molecule has 0 bridgehead atoms. The summed E-state index contributed by atoms with van der Waals surface area (Å²) in [5.41, 5.74) is 1.22. The minimum Gasteiger partial charge on any atom is -0.346 e. The van der Waals surface area contributed by atoms with Crippen LogP contribution in [0.25, 0.3) is 10.9 Å². The van der Waals surface area contributed by atoms with E-state index in [1.54, 1.807) is 36.4 Å². The second-order valence-corrected chi connectivity index (χ2v) is 7.34. The minimum atomic E-state index is -4.41. The van der Waals surface area contributed by atoms with Gasteiger partial charge in [0, 0.05) is 11.6 Å². The largest absolute Gasteiger partial charge is 0.391 e. The second kappa shape index (κ2) is 7.62. The molecule has 0 aliphatic heterocycles. The number of aromatic nitrogens is 1. The Morgan fingerprint density at radius 3 is 2.46 bits per heavy atom. The van der Waals surface area contributed by atoms with Gasteiger partial charge in [-0.25, -0.2) is 0 Å². The number of nitrogens with zero attached hydrogens (tertiary/aromatic N) is 1. The number of nitrogens with one attached hydrogen (secondary N) is 1. The molecular formula is C22H21F3N2O. The second-order valence-electron chi connectivity index (χ2n) is 7.34. The van der Waals surface area contributed by atoms with Crippen molar-refractivity contribution in [1.29, 1.82) is 0 Å². The molecule has 6 heteroatoms. The van der Waals surface area contributed by atoms with Crippen molar-refractivity contribution in [2.75, 3.05) is 0 Å². The van der Waals surface area contributed by atoms with Crippen molar-refractivity contribution in [3.8, 4) is 0 Å². The molecule has 0 radical (unpaired) electrons. The topological polar surface area (TPSA) is 42.0 Å². The van der Waals surface area contributed by atoms with Gasteiger partial charge in [-0.05, 0) is 37.5 Å². The Labute approximate surface area is 161 Å². The van der Waals surface area contributed by atoms with Crippen molar-refractivity contribution in [2.45, 2.75) is 38.4 Å². The van der Waals surface area contributed by atoms with Crippen molar-refractivity contribution in [2.24, 2.45) is 0 Å². The molecular weight excluding hydrogens is 365 g/mol. The van der Waals surface area contributed by atoms with Gasteiger partial charge in [-0.2, -0.15) is 13.2 Å². The molecule has 146 valence electrons. The molecule has 1 N–H and O–H groups in total. The number of hydrogen-bond donors (Lipinski definition) is 1. The first-order chi connectivity index (χ1) is 13.2. The number of amides is 1. The van der Waals surface area contributed by atoms with Crippen molar-refractivity contribution < 1.29 is 18.0 Å². The minimum absolute atomic E-state index is 0.0687. The Morgan fingerprint density at radius 1 is 1.07 bits per heavy atom. The van der Waals surface area contributed by atoms with Crippen LogP contribution in [0, 0.1) is 6.92 Å². The zero-order valence-corrected chi connectivity index (χ0v) is 15.7. The van der Waals surface area contributed by atoms with Gasteiger partial charge in [0.05, 0.1) is 23.0 Å². The van der Waals surface area contributed by atoms with E-state index in [-0.39, 0.29) is 12.0 Å². The summed E-state index contributed by atoms with van der Waals surface area (Å²) >= 11 is 0. The number of hydrogen-bond acceptors (Lipinski definition) is 2. The predicted molar refractivity (Wildman–Crippen MR) is 103 cm³/mol. The molecule has 3 aromatic rings. The summed E-state index contributed by atoms with van der Waals surface area (Å²) in [6.07, 6.45) is -4.06. The number of fused-ring (bicyclic) bond motifs is 1. The average molecular weight is 386 g/mol. The number of benzene rings is 2. The number of pyridine rings is 1. The highest BCUT2D eigenvalue weighted by Gasteiger charge is 2.40. The summed E-state index contributed by atoms with van der Waals surface area (Å²) in [6.45, 7) is 3.33. The third-order valence-corrected chi connectivity index (χ3v) is 4.62. The van der Waals surface area contributed by atoms with E-state index >= 15 is 0 Å². The molecule has 0 saturated heterocycles. The molecule has 0 saturated carbocycles. The molecule has 1 atom stereocenters. The lowest BCUT2D eigenvalue weighted by atomic mass is 9.88. The number of para-hydroxylation sites is 1. The normalized spacial score (nSPS) is 13.9. The monoisotopic (exact) mass is 386 g/mol. The van der Waals surface area contributed by atoms with Gasteiger partial charge in [-0.3, -0.25) is 9.78 Å². The van der Waals surface area contributed by atoms with Crippen LogP contribution in [0.3, 0.4) is 0 Å². The van der Waals surface area contributed by atoms with Crippen molar-refractivity contribution >= 4 is 16.8 Å². The highest BCUT2D eigenvalue weighted by atomic mass is 19.4. The molecule has 28 heavy (non-hydrogen) atoms. The number of carbonyl (C=O) groups is 1. The first-order valence-corrected chi connectivity index (χ1v) is 8.94. The fraction of sp³-hybridized carbons (Fsp3) is 0.273. The van der Waals surface area contributed by atoms with Gasteiger partial charge in [0.1, 0.15) is 0 Å². The number of carbonyl (C=O) groups excluding carboxylic acids is 1. The third-order valence-electron chi connectivity index (χ3n) is 4.62. The molecule has 1 amide bonds. The Morgan fingerprint density at radius 2 is 1.79 bits per heavy atom. The van der Waals surface area contributed by atoms with E-state index in [0.717, 1.165) is 22.0 Å². The van der Waals surface area contributed by atoms with Crippen LogP contribution in [0.5, 0.6) is 0 Å². The van der Waals surface area contributed by atoms with Crippen molar-refractivity contribution in [1.82, 2.24) is 10.3 Å². The number of rotatable bonds is 5. The lowest BCUT2D eigenvalue weighted by molar-refractivity contribution is -0.147. The summed E-state index contributed by atoms with van der Waals surface area (Å²) in [5, 5.41) is 3.37. The Kier molecular flexibility index (Phi) is 5.40. The standard InChI is InChI=1S/C22H21F3N2O/c1-15-7-6-10-17-11-18(13-26-19(15)17)20(28)27-21(2,14-22(23,24)25)12-16-8-4-3-5-9-16/h3-11,13H,12,14H2,1-2H3,(H,27,28)/t21-/m0/s1. The maximum absolute atomic E-state index is 13.2. The van der Waals surface area contributed by atoms with E-state index < -0.39 is 24.0 Å². The first kappa shape index (κ1) is 19.9. The molecule has 2 aromatic carbocycles. The van der Waals surface area contributed by atoms with Gasteiger partial charge in [0.15, 0.2) is 0 Å². The van der Waals surface area contributed by atoms with Crippen molar-refractivity contribution in [3.63, 3.8) is 0 Å². The molecule has 1 aromatic heterocycles. The van der Waals surface area contributed by atoms with E-state index in [9.17, 15) is 18.0 Å². The van der Waals surface area contributed by atoms with Crippen LogP contribution in [0.2, 0.25) is 0 Å². The third kappa shape index (κ3) is 4.88. The quantitative estimate of drug-likeness (QED) is 0.653. The molecule has 0 aliphatic rings. The van der Waals surface area contributed by atoms with Crippen LogP contribution >= 0.6 is 0 Å². The zero-order chi connectivity index (χ0) is 20.4. The molecule has 1 heterocycles. The van der Waals surface area contributed by atoms with Gasteiger partial charge in [-0.1, -0.05) is 48.5 Å². The number of aryl methyl sites for hydroxylation is 1. The maximum atomic E-state index is 13.2. The zero-order valence-electron chi connectivity index (χ0n) is 15.7. The number of alkyl halides is 3. The highest BCUT2D eigenvalue weighted by molar-refractivity contribution is 5.98. The fourth-order valence-corrected chi connectivity index (χ4v) is 3.42. The smallest absolute Gasteiger partial charge is 0.346 e. The fourth-order valence-electron chi connectivity index (χ4n) is 3.42. The SMILES string of the molecule is Cc1cccc2cc(C(=O)N[C@@](C)(Cc3ccccc3)CC(F)(F)F)cnc12. The van der Waals surface area contributed by atoms with Crippen LogP contribution in [0.1, 0.15) is 34.8 Å². The predicted octanol–water partition coefficient (Wildman–Crippen LogP) is 5.23. The molecule has 0 unspecified atom stereocenters. The summed E-state index contributed by atoms with van der Waals surface area (Å²) < 4.78 is 39.6. The highest BCUT2D eigenvalue weighted by Crippen LogP contribution is 2.30. The Hall–Kier alpha value is -2.89. The molecule has 0 aliphatic carbocycles. The van der Waals surface area contributed by atoms with Crippen LogP contribution in [0.4, 0.5) is 13.2 Å². The van der Waals surface area contributed by atoms with E-state index in [1.807, 2.05) is 25.1 Å². The average Bonchev–Trinajstić information content (AvgIpc) is 2.60. The number of halogens is 3. The van der Waals surface area contributed by atoms with Crippen LogP contribution < -0.4 is 5.32 Å². The van der Waals surface area contributed by atoms with Gasteiger partial charge in [0.2, 0.25) is 0 Å². The van der Waals surface area contributed by atoms with Gasteiger partial charge in [-0.15, -0.1) is 0 Å². The lowest BCUT2D eigenvalue weighted by Gasteiger charge is -2.32. The summed E-state index contributed by atoms with van der Waals surface area (Å²) in [6, 6.07) is 16.1. The molecule has 3 rings (SSSR count). The summed E-state index contributed by atoms with van der Waals surface area (Å²) in [5.74, 6) is -0.571. The van der Waals surface area contributed by atoms with Gasteiger partial charge in [0.25, 0.3) is 5.91 Å². The van der Waals surface area contributed by atoms with Crippen LogP contribution in [0.15, 0.2) is 60.8 Å².